The third-order valence-electron chi connectivity index (χ3n) is 1.01. The molecule has 14 heavy (non-hydrogen) atoms. The lowest BCUT2D eigenvalue weighted by molar-refractivity contribution is -0.105. The van der Waals surface area contributed by atoms with Gasteiger partial charge in [0, 0.05) is 0 Å². The summed E-state index contributed by atoms with van der Waals surface area (Å²) in [6.45, 7) is 0. The standard InChI is InChI=1S/C2H3F5N3OP3/c3-12(2-1-11)8-13(4,5)10-14(6,7)9-12/h1H,2H2. The molecule has 12 heteroatoms. The molecule has 0 aromatic carbocycles. The Kier molecular flexibility index (Phi) is 3.06. The van der Waals surface area contributed by atoms with Crippen molar-refractivity contribution in [3.63, 3.8) is 0 Å². The Balaban J connectivity index is 3.40. The van der Waals surface area contributed by atoms with Crippen molar-refractivity contribution >= 4 is 29.5 Å². The van der Waals surface area contributed by atoms with Crippen LogP contribution in [0.4, 0.5) is 21.0 Å². The van der Waals surface area contributed by atoms with Gasteiger partial charge in [0.1, 0.15) is 6.29 Å². The van der Waals surface area contributed by atoms with E-state index >= 15 is 0 Å². The molecule has 0 amide bonds. The Labute approximate surface area is 75.8 Å². The van der Waals surface area contributed by atoms with E-state index in [1.807, 2.05) is 4.52 Å². The molecule has 0 bridgehead atoms. The van der Waals surface area contributed by atoms with Crippen LogP contribution in [0.25, 0.3) is 0 Å². The average molecular weight is 273 g/mol. The van der Waals surface area contributed by atoms with Crippen LogP contribution in [0, 0.1) is 0 Å². The number of carbonyl (C=O) groups excluding carboxylic acids is 1. The Bertz CT molecular complexity index is 410. The number of aldehydes is 1. The molecule has 0 aromatic heterocycles. The molecular formula is C2H3F5N3OP3. The molecule has 1 aliphatic rings. The highest BCUT2D eigenvalue weighted by Gasteiger charge is 2.38. The topological polar surface area (TPSA) is 54.1 Å². The van der Waals surface area contributed by atoms with Crippen LogP contribution in [0.2, 0.25) is 0 Å². The van der Waals surface area contributed by atoms with Crippen LogP contribution in [-0.2, 0) is 4.79 Å². The molecule has 4 nitrogen and oxygen atoms in total. The number of hydrogen-bond donors (Lipinski definition) is 0. The molecule has 1 heterocycles. The second kappa shape index (κ2) is 3.54. The van der Waals surface area contributed by atoms with E-state index in [4.69, 9.17) is 0 Å². The van der Waals surface area contributed by atoms with Crippen LogP contribution in [0.15, 0.2) is 13.5 Å². The summed E-state index contributed by atoms with van der Waals surface area (Å²) in [6, 6.07) is 0. The molecule has 0 N–H and O–H groups in total. The Morgan fingerprint density at radius 2 is 1.43 bits per heavy atom. The Morgan fingerprint density at radius 1 is 0.929 bits per heavy atom. The van der Waals surface area contributed by atoms with Gasteiger partial charge in [-0.3, -0.25) is 0 Å². The summed E-state index contributed by atoms with van der Waals surface area (Å²) in [6.07, 6.45) is -1.22. The Morgan fingerprint density at radius 3 is 1.86 bits per heavy atom. The van der Waals surface area contributed by atoms with Crippen molar-refractivity contribution in [1.82, 2.24) is 0 Å². The lowest BCUT2D eigenvalue weighted by Gasteiger charge is -2.14. The zero-order valence-electron chi connectivity index (χ0n) is 6.27. The SMILES string of the molecule is O=CCP1(F)=NP(F)(F)=NP(F)(F)=N1. The third kappa shape index (κ3) is 3.01. The average Bonchev–Trinajstić information content (AvgIpc) is 1.75. The summed E-state index contributed by atoms with van der Waals surface area (Å²) in [5.41, 5.74) is 0. The fraction of sp³-hybridized carbons (Fsp3) is 0.500. The van der Waals surface area contributed by atoms with Crippen LogP contribution in [0.1, 0.15) is 0 Å². The van der Waals surface area contributed by atoms with Crippen LogP contribution in [0.5, 0.6) is 0 Å². The third-order valence-corrected chi connectivity index (χ3v) is 7.26. The minimum atomic E-state index is -5.64. The smallest absolute Gasteiger partial charge is 0.303 e. The van der Waals surface area contributed by atoms with E-state index in [1.165, 1.54) is 0 Å². The van der Waals surface area contributed by atoms with Gasteiger partial charge in [-0.15, -0.1) is 21.3 Å². The van der Waals surface area contributed by atoms with Gasteiger partial charge in [0.15, 0.2) is 0 Å². The monoisotopic (exact) mass is 273 g/mol. The van der Waals surface area contributed by atoms with Crippen molar-refractivity contribution in [2.75, 3.05) is 6.16 Å². The normalized spacial score (nSPS) is 33.5. The first kappa shape index (κ1) is 12.1. The maximum atomic E-state index is 13.1. The van der Waals surface area contributed by atoms with Crippen LogP contribution < -0.4 is 0 Å². The lowest BCUT2D eigenvalue weighted by atomic mass is 10.9. The molecule has 0 aromatic rings. The van der Waals surface area contributed by atoms with Gasteiger partial charge >= 0.3 is 15.7 Å². The van der Waals surface area contributed by atoms with E-state index in [2.05, 4.69) is 9.03 Å². The molecule has 1 aliphatic heterocycles. The van der Waals surface area contributed by atoms with Gasteiger partial charge in [-0.25, -0.2) is 0 Å². The van der Waals surface area contributed by atoms with Gasteiger partial charge in [0.25, 0.3) is 7.52 Å². The van der Waals surface area contributed by atoms with Crippen molar-refractivity contribution in [2.24, 2.45) is 13.5 Å². The van der Waals surface area contributed by atoms with Crippen LogP contribution in [-0.4, -0.2) is 12.4 Å². The van der Waals surface area contributed by atoms with E-state index < -0.39 is 29.3 Å². The summed E-state index contributed by atoms with van der Waals surface area (Å²) in [5, 5.41) is 0. The van der Waals surface area contributed by atoms with Crippen molar-refractivity contribution in [3.8, 4) is 0 Å². The summed E-state index contributed by atoms with van der Waals surface area (Å²) < 4.78 is 69.3. The fourth-order valence-corrected chi connectivity index (χ4v) is 6.52. The molecule has 1 rings (SSSR count). The van der Waals surface area contributed by atoms with Crippen molar-refractivity contribution in [3.05, 3.63) is 0 Å². The van der Waals surface area contributed by atoms with E-state index in [1.54, 1.807) is 0 Å². The van der Waals surface area contributed by atoms with Crippen molar-refractivity contribution in [2.45, 2.75) is 0 Å². The van der Waals surface area contributed by atoms with E-state index in [-0.39, 0.29) is 6.29 Å². The molecule has 0 radical (unpaired) electrons. The first-order chi connectivity index (χ1) is 6.18. The van der Waals surface area contributed by atoms with Gasteiger partial charge < -0.3 is 4.79 Å². The molecule has 0 saturated heterocycles. The largest absolute Gasteiger partial charge is 0.423 e. The lowest BCUT2D eigenvalue weighted by Crippen LogP contribution is -1.84. The van der Waals surface area contributed by atoms with Crippen LogP contribution >= 0.6 is 23.2 Å². The number of rotatable bonds is 2. The zero-order chi connectivity index (χ0) is 11.0. The van der Waals surface area contributed by atoms with Crippen molar-refractivity contribution < 1.29 is 25.8 Å². The van der Waals surface area contributed by atoms with Crippen molar-refractivity contribution in [1.29, 1.82) is 0 Å². The molecular weight excluding hydrogens is 270 g/mol. The maximum absolute atomic E-state index is 13.1. The molecule has 0 aliphatic carbocycles. The van der Waals surface area contributed by atoms with Gasteiger partial charge in [0.2, 0.25) is 0 Å². The van der Waals surface area contributed by atoms with Gasteiger partial charge in [-0.05, 0) is 0 Å². The molecule has 1 atom stereocenters. The quantitative estimate of drug-likeness (QED) is 0.398. The number of hydrogen-bond acceptors (Lipinski definition) is 4. The Hall–Kier alpha value is 0.01000. The van der Waals surface area contributed by atoms with E-state index in [0.29, 0.717) is 0 Å². The first-order valence-corrected chi connectivity index (χ1v) is 7.73. The molecule has 0 fully saturated rings. The minimum Gasteiger partial charge on any atom is -0.303 e. The second-order valence-electron chi connectivity index (χ2n) is 2.17. The minimum absolute atomic E-state index is 0.0912. The highest BCUT2D eigenvalue weighted by atomic mass is 31.3. The fourth-order valence-electron chi connectivity index (χ4n) is 0.681. The molecule has 82 valence electrons. The summed E-state index contributed by atoms with van der Waals surface area (Å²) in [5.74, 6) is 0. The molecule has 0 saturated carbocycles. The second-order valence-corrected chi connectivity index (χ2v) is 7.79. The molecule has 0 spiro atoms. The predicted octanol–water partition coefficient (Wildman–Crippen LogP) is 4.97. The van der Waals surface area contributed by atoms with Gasteiger partial charge in [0.05, 0.1) is 6.16 Å². The number of halogens is 5. The zero-order valence-corrected chi connectivity index (χ0v) is 8.95. The maximum Gasteiger partial charge on any atom is 0.423 e. The molecule has 1 unspecified atom stereocenters. The highest BCUT2D eigenvalue weighted by molar-refractivity contribution is 7.79. The summed E-state index contributed by atoms with van der Waals surface area (Å²) in [4.78, 5) is 9.87. The van der Waals surface area contributed by atoms with Gasteiger partial charge in [-0.2, -0.15) is 13.2 Å². The summed E-state index contributed by atoms with van der Waals surface area (Å²) >= 11 is 0. The highest BCUT2D eigenvalue weighted by Crippen LogP contribution is 2.81. The first-order valence-electron chi connectivity index (χ1n) is 3.01. The van der Waals surface area contributed by atoms with Crippen LogP contribution in [0.3, 0.4) is 0 Å². The van der Waals surface area contributed by atoms with Gasteiger partial charge in [-0.1, -0.05) is 0 Å². The van der Waals surface area contributed by atoms with E-state index in [9.17, 15) is 25.8 Å². The summed E-state index contributed by atoms with van der Waals surface area (Å²) in [7, 11) is -16.0. The predicted molar refractivity (Wildman–Crippen MR) is 44.5 cm³/mol. The van der Waals surface area contributed by atoms with E-state index in [0.717, 1.165) is 0 Å². The number of carbonyl (C=O) groups is 1. The number of nitrogens with zero attached hydrogens (tertiary/aromatic N) is 3.